The Morgan fingerprint density at radius 2 is 2.15 bits per heavy atom. The second kappa shape index (κ2) is 9.40. The molecule has 6 heteroatoms. The van der Waals surface area contributed by atoms with Crippen LogP contribution in [0.15, 0.2) is 16.4 Å². The Labute approximate surface area is 161 Å². The van der Waals surface area contributed by atoms with Crippen LogP contribution >= 0.6 is 11.3 Å². The van der Waals surface area contributed by atoms with Gasteiger partial charge >= 0.3 is 0 Å². The summed E-state index contributed by atoms with van der Waals surface area (Å²) in [7, 11) is 0. The van der Waals surface area contributed by atoms with Crippen molar-refractivity contribution in [3.63, 3.8) is 0 Å². The Morgan fingerprint density at radius 3 is 2.92 bits per heavy atom. The normalized spacial score (nSPS) is 23.5. The topological polar surface area (TPSA) is 56.7 Å². The standard InChI is InChI=1S/C20H32N4OS/c1-3-21-20(23-17-6-4-15(2)5-7-17)22-11-8-19(25)24-12-9-18-16(14-24)10-13-26-18/h10,13,15,17H,3-9,11-12,14H2,1-2H3,(H2,21,22,23). The van der Waals surface area contributed by atoms with Gasteiger partial charge in [0.1, 0.15) is 0 Å². The van der Waals surface area contributed by atoms with Gasteiger partial charge in [0, 0.05) is 37.0 Å². The van der Waals surface area contributed by atoms with Crippen LogP contribution in [0, 0.1) is 5.92 Å². The van der Waals surface area contributed by atoms with Crippen LogP contribution in [0.3, 0.4) is 0 Å². The van der Waals surface area contributed by atoms with Crippen LogP contribution in [0.1, 0.15) is 56.4 Å². The quantitative estimate of drug-likeness (QED) is 0.613. The van der Waals surface area contributed by atoms with E-state index >= 15 is 0 Å². The maximum Gasteiger partial charge on any atom is 0.224 e. The zero-order valence-corrected chi connectivity index (χ0v) is 16.9. The number of carbonyl (C=O) groups is 1. The van der Waals surface area contributed by atoms with E-state index < -0.39 is 0 Å². The Bertz CT molecular complexity index is 619. The molecule has 2 N–H and O–H groups in total. The third-order valence-corrected chi connectivity index (χ3v) is 6.48. The summed E-state index contributed by atoms with van der Waals surface area (Å²) in [6.45, 7) is 7.41. The number of hydrogen-bond donors (Lipinski definition) is 2. The fraction of sp³-hybridized carbons (Fsp3) is 0.700. The molecule has 5 nitrogen and oxygen atoms in total. The number of carbonyl (C=O) groups excluding carboxylic acids is 1. The molecule has 1 aliphatic carbocycles. The summed E-state index contributed by atoms with van der Waals surface area (Å²) >= 11 is 1.81. The number of hydrogen-bond acceptors (Lipinski definition) is 3. The van der Waals surface area contributed by atoms with E-state index in [1.165, 1.54) is 36.1 Å². The Balaban J connectivity index is 1.46. The third kappa shape index (κ3) is 5.22. The third-order valence-electron chi connectivity index (χ3n) is 5.46. The average Bonchev–Trinajstić information content (AvgIpc) is 3.11. The highest BCUT2D eigenvalue weighted by molar-refractivity contribution is 7.10. The summed E-state index contributed by atoms with van der Waals surface area (Å²) in [6, 6.07) is 2.66. The van der Waals surface area contributed by atoms with Crippen molar-refractivity contribution in [2.45, 2.75) is 65.0 Å². The van der Waals surface area contributed by atoms with Crippen molar-refractivity contribution in [3.8, 4) is 0 Å². The Kier molecular flexibility index (Phi) is 6.94. The molecular formula is C20H32N4OS. The summed E-state index contributed by atoms with van der Waals surface area (Å²) in [4.78, 5) is 20.6. The first-order valence-electron chi connectivity index (χ1n) is 10.0. The van der Waals surface area contributed by atoms with Gasteiger partial charge in [-0.25, -0.2) is 0 Å². The molecular weight excluding hydrogens is 344 g/mol. The van der Waals surface area contributed by atoms with Gasteiger partial charge in [0.25, 0.3) is 0 Å². The molecule has 0 unspecified atom stereocenters. The van der Waals surface area contributed by atoms with E-state index in [1.807, 2.05) is 4.90 Å². The van der Waals surface area contributed by atoms with Crippen molar-refractivity contribution < 1.29 is 4.79 Å². The fourth-order valence-electron chi connectivity index (χ4n) is 3.80. The highest BCUT2D eigenvalue weighted by Gasteiger charge is 2.21. The SMILES string of the molecule is CCNC(=NCCC(=O)N1CCc2sccc2C1)NC1CCC(C)CC1. The largest absolute Gasteiger partial charge is 0.357 e. The molecule has 0 bridgehead atoms. The maximum absolute atomic E-state index is 12.5. The number of guanidine groups is 1. The fourth-order valence-corrected chi connectivity index (χ4v) is 4.69. The van der Waals surface area contributed by atoms with E-state index in [-0.39, 0.29) is 5.91 Å². The van der Waals surface area contributed by atoms with Crippen LogP contribution in [-0.4, -0.2) is 42.4 Å². The van der Waals surface area contributed by atoms with Crippen molar-refractivity contribution in [1.82, 2.24) is 15.5 Å². The minimum absolute atomic E-state index is 0.216. The van der Waals surface area contributed by atoms with E-state index in [0.717, 1.165) is 37.9 Å². The Hall–Kier alpha value is -1.56. The van der Waals surface area contributed by atoms with E-state index in [9.17, 15) is 4.79 Å². The van der Waals surface area contributed by atoms with Crippen molar-refractivity contribution in [3.05, 3.63) is 21.9 Å². The van der Waals surface area contributed by atoms with Crippen molar-refractivity contribution >= 4 is 23.2 Å². The van der Waals surface area contributed by atoms with Gasteiger partial charge in [-0.05, 0) is 62.0 Å². The first-order chi connectivity index (χ1) is 12.7. The summed E-state index contributed by atoms with van der Waals surface area (Å²) in [5.74, 6) is 1.92. The highest BCUT2D eigenvalue weighted by Crippen LogP contribution is 2.24. The van der Waals surface area contributed by atoms with Gasteiger partial charge in [-0.1, -0.05) is 6.92 Å². The minimum Gasteiger partial charge on any atom is -0.357 e. The van der Waals surface area contributed by atoms with Gasteiger partial charge in [0.05, 0.1) is 6.54 Å². The van der Waals surface area contributed by atoms with Gasteiger partial charge in [0.15, 0.2) is 5.96 Å². The molecule has 3 rings (SSSR count). The molecule has 1 saturated carbocycles. The molecule has 26 heavy (non-hydrogen) atoms. The number of aliphatic imine (C=N–C) groups is 1. The predicted octanol–water partition coefficient (Wildman–Crippen LogP) is 3.16. The molecule has 0 atom stereocenters. The van der Waals surface area contributed by atoms with Gasteiger partial charge < -0.3 is 15.5 Å². The van der Waals surface area contributed by atoms with Gasteiger partial charge in [-0.3, -0.25) is 9.79 Å². The first kappa shape index (κ1) is 19.2. The van der Waals surface area contributed by atoms with E-state index in [2.05, 4.69) is 40.9 Å². The number of nitrogens with one attached hydrogen (secondary N) is 2. The summed E-state index contributed by atoms with van der Waals surface area (Å²) in [6.07, 6.45) is 6.47. The molecule has 0 radical (unpaired) electrons. The molecule has 1 amide bonds. The smallest absolute Gasteiger partial charge is 0.224 e. The molecule has 0 spiro atoms. The minimum atomic E-state index is 0.216. The van der Waals surface area contributed by atoms with Gasteiger partial charge in [-0.2, -0.15) is 0 Å². The number of rotatable bonds is 5. The van der Waals surface area contributed by atoms with E-state index in [1.54, 1.807) is 11.3 Å². The summed E-state index contributed by atoms with van der Waals surface area (Å²) in [5.41, 5.74) is 1.32. The zero-order chi connectivity index (χ0) is 18.4. The molecule has 1 fully saturated rings. The summed E-state index contributed by atoms with van der Waals surface area (Å²) in [5, 5.41) is 9.00. The molecule has 1 aromatic heterocycles. The summed E-state index contributed by atoms with van der Waals surface area (Å²) < 4.78 is 0. The molecule has 1 aliphatic heterocycles. The van der Waals surface area contributed by atoms with Crippen LogP contribution < -0.4 is 10.6 Å². The molecule has 2 heterocycles. The lowest BCUT2D eigenvalue weighted by Gasteiger charge is -2.28. The second-order valence-corrected chi connectivity index (χ2v) is 8.55. The van der Waals surface area contributed by atoms with Crippen molar-refractivity contribution in [2.75, 3.05) is 19.6 Å². The lowest BCUT2D eigenvalue weighted by Crippen LogP contribution is -2.45. The van der Waals surface area contributed by atoms with Crippen LogP contribution in [0.5, 0.6) is 0 Å². The van der Waals surface area contributed by atoms with Crippen LogP contribution in [-0.2, 0) is 17.8 Å². The Morgan fingerprint density at radius 1 is 1.35 bits per heavy atom. The molecule has 2 aliphatic rings. The molecule has 144 valence electrons. The van der Waals surface area contributed by atoms with Crippen LogP contribution in [0.4, 0.5) is 0 Å². The number of nitrogens with zero attached hydrogens (tertiary/aromatic N) is 2. The monoisotopic (exact) mass is 376 g/mol. The van der Waals surface area contributed by atoms with Crippen LogP contribution in [0.2, 0.25) is 0 Å². The predicted molar refractivity (Wildman–Crippen MR) is 109 cm³/mol. The molecule has 0 saturated heterocycles. The molecule has 0 aromatic carbocycles. The van der Waals surface area contributed by atoms with Gasteiger partial charge in [-0.15, -0.1) is 11.3 Å². The van der Waals surface area contributed by atoms with Gasteiger partial charge in [0.2, 0.25) is 5.91 Å². The van der Waals surface area contributed by atoms with Crippen LogP contribution in [0.25, 0.3) is 0 Å². The zero-order valence-electron chi connectivity index (χ0n) is 16.1. The number of fused-ring (bicyclic) bond motifs is 1. The lowest BCUT2D eigenvalue weighted by molar-refractivity contribution is -0.131. The highest BCUT2D eigenvalue weighted by atomic mass is 32.1. The number of thiophene rings is 1. The van der Waals surface area contributed by atoms with Crippen molar-refractivity contribution in [1.29, 1.82) is 0 Å². The second-order valence-electron chi connectivity index (χ2n) is 7.55. The first-order valence-corrected chi connectivity index (χ1v) is 10.9. The lowest BCUT2D eigenvalue weighted by atomic mass is 9.87. The maximum atomic E-state index is 12.5. The average molecular weight is 377 g/mol. The van der Waals surface area contributed by atoms with E-state index in [4.69, 9.17) is 0 Å². The number of amides is 1. The van der Waals surface area contributed by atoms with Crippen molar-refractivity contribution in [2.24, 2.45) is 10.9 Å². The molecule has 1 aromatic rings. The van der Waals surface area contributed by atoms with E-state index in [0.29, 0.717) is 19.0 Å².